The molecule has 0 saturated heterocycles. The molecule has 4 nitrogen and oxygen atoms in total. The Morgan fingerprint density at radius 2 is 2.21 bits per heavy atom. The summed E-state index contributed by atoms with van der Waals surface area (Å²) in [5.74, 6) is -0.809. The molecule has 0 aliphatic heterocycles. The second kappa shape index (κ2) is 6.12. The lowest BCUT2D eigenvalue weighted by Crippen LogP contribution is -2.29. The van der Waals surface area contributed by atoms with Gasteiger partial charge in [0, 0.05) is 22.6 Å². The van der Waals surface area contributed by atoms with Crippen molar-refractivity contribution >= 4 is 32.8 Å². The van der Waals surface area contributed by atoms with E-state index in [4.69, 9.17) is 5.11 Å². The Bertz CT molecular complexity index is 601. The summed E-state index contributed by atoms with van der Waals surface area (Å²) < 4.78 is 1.00. The number of pyridine rings is 1. The van der Waals surface area contributed by atoms with Gasteiger partial charge in [-0.05, 0) is 24.2 Å². The third-order valence-corrected chi connectivity index (χ3v) is 3.69. The van der Waals surface area contributed by atoms with E-state index < -0.39 is 5.97 Å². The summed E-state index contributed by atoms with van der Waals surface area (Å²) in [5.41, 5.74) is 1.96. The quantitative estimate of drug-likeness (QED) is 0.919. The number of aromatic nitrogens is 1. The van der Waals surface area contributed by atoms with Crippen LogP contribution in [-0.4, -0.2) is 34.0 Å². The number of carboxylic acid groups (broad SMARTS) is 1. The molecule has 0 fully saturated rings. The lowest BCUT2D eigenvalue weighted by Gasteiger charge is -2.19. The molecule has 0 aliphatic carbocycles. The number of fused-ring (bicyclic) bond motifs is 1. The number of halogens is 1. The predicted octanol–water partition coefficient (Wildman–Crippen LogP) is 2.90. The van der Waals surface area contributed by atoms with E-state index in [2.05, 4.69) is 20.9 Å². The molecule has 2 aromatic rings. The van der Waals surface area contributed by atoms with Gasteiger partial charge in [0.1, 0.15) is 0 Å². The first-order valence-corrected chi connectivity index (χ1v) is 6.87. The van der Waals surface area contributed by atoms with Gasteiger partial charge in [-0.2, -0.15) is 0 Å². The lowest BCUT2D eigenvalue weighted by molar-refractivity contribution is -0.138. The zero-order valence-corrected chi connectivity index (χ0v) is 12.2. The second-order valence-corrected chi connectivity index (χ2v) is 5.16. The summed E-state index contributed by atoms with van der Waals surface area (Å²) in [6.07, 6.45) is 1.76. The average Bonchev–Trinajstić information content (AvgIpc) is 2.41. The smallest absolute Gasteiger partial charge is 0.317 e. The molecule has 1 heterocycles. The maximum atomic E-state index is 10.8. The monoisotopic (exact) mass is 322 g/mol. The zero-order chi connectivity index (χ0) is 13.8. The van der Waals surface area contributed by atoms with Crippen LogP contribution in [0.3, 0.4) is 0 Å². The summed E-state index contributed by atoms with van der Waals surface area (Å²) in [7, 11) is 0. The number of carboxylic acids is 1. The van der Waals surface area contributed by atoms with Gasteiger partial charge >= 0.3 is 5.97 Å². The Morgan fingerprint density at radius 1 is 1.42 bits per heavy atom. The molecule has 1 aromatic carbocycles. The van der Waals surface area contributed by atoms with Crippen LogP contribution in [0.15, 0.2) is 34.9 Å². The van der Waals surface area contributed by atoms with Gasteiger partial charge < -0.3 is 5.11 Å². The molecule has 0 atom stereocenters. The van der Waals surface area contributed by atoms with Crippen LogP contribution in [0, 0.1) is 0 Å². The number of rotatable bonds is 5. The summed E-state index contributed by atoms with van der Waals surface area (Å²) in [6.45, 7) is 3.28. The number of likely N-dealkylation sites (N-methyl/N-ethyl adjacent to an activating group) is 1. The first-order chi connectivity index (χ1) is 9.11. The van der Waals surface area contributed by atoms with Crippen molar-refractivity contribution in [1.82, 2.24) is 9.88 Å². The van der Waals surface area contributed by atoms with E-state index in [1.165, 1.54) is 0 Å². The minimum absolute atomic E-state index is 0.0426. The normalized spacial score (nSPS) is 11.1. The van der Waals surface area contributed by atoms with Crippen molar-refractivity contribution in [3.8, 4) is 0 Å². The topological polar surface area (TPSA) is 53.4 Å². The van der Waals surface area contributed by atoms with Gasteiger partial charge in [0.25, 0.3) is 0 Å². The zero-order valence-electron chi connectivity index (χ0n) is 10.6. The van der Waals surface area contributed by atoms with E-state index in [-0.39, 0.29) is 6.54 Å². The number of aliphatic carboxylic acids is 1. The molecule has 0 unspecified atom stereocenters. The number of nitrogens with zero attached hydrogens (tertiary/aromatic N) is 2. The molecule has 0 spiro atoms. The van der Waals surface area contributed by atoms with Gasteiger partial charge in [0.05, 0.1) is 12.1 Å². The third kappa shape index (κ3) is 3.30. The van der Waals surface area contributed by atoms with Crippen molar-refractivity contribution < 1.29 is 9.90 Å². The van der Waals surface area contributed by atoms with Gasteiger partial charge in [-0.25, -0.2) is 0 Å². The third-order valence-electron chi connectivity index (χ3n) is 3.00. The first-order valence-electron chi connectivity index (χ1n) is 6.08. The van der Waals surface area contributed by atoms with E-state index in [0.29, 0.717) is 13.1 Å². The average molecular weight is 323 g/mol. The number of carbonyl (C=O) groups is 1. The largest absolute Gasteiger partial charge is 0.480 e. The van der Waals surface area contributed by atoms with Crippen LogP contribution >= 0.6 is 15.9 Å². The van der Waals surface area contributed by atoms with Crippen LogP contribution in [0.2, 0.25) is 0 Å². The molecule has 5 heteroatoms. The minimum atomic E-state index is -0.809. The van der Waals surface area contributed by atoms with Crippen LogP contribution in [0.5, 0.6) is 0 Å². The number of hydrogen-bond acceptors (Lipinski definition) is 3. The summed E-state index contributed by atoms with van der Waals surface area (Å²) >= 11 is 3.51. The van der Waals surface area contributed by atoms with Crippen molar-refractivity contribution in [2.75, 3.05) is 13.1 Å². The highest BCUT2D eigenvalue weighted by Gasteiger charge is 2.11. The molecule has 100 valence electrons. The fourth-order valence-corrected chi connectivity index (χ4v) is 2.49. The van der Waals surface area contributed by atoms with Crippen molar-refractivity contribution in [3.63, 3.8) is 0 Å². The molecule has 0 aliphatic rings. The molecule has 1 N–H and O–H groups in total. The predicted molar refractivity (Wildman–Crippen MR) is 78.0 cm³/mol. The van der Waals surface area contributed by atoms with Gasteiger partial charge in [-0.3, -0.25) is 14.7 Å². The molecule has 0 saturated carbocycles. The highest BCUT2D eigenvalue weighted by molar-refractivity contribution is 9.10. The molecular formula is C14H15BrN2O2. The maximum absolute atomic E-state index is 10.8. The summed E-state index contributed by atoms with van der Waals surface area (Å²) in [5, 5.41) is 9.93. The standard InChI is InChI=1S/C14H15BrN2O2/c1-2-17(9-13(18)19)8-10-5-6-12(15)11-4-3-7-16-14(10)11/h3-7H,2,8-9H2,1H3,(H,18,19). The van der Waals surface area contributed by atoms with Gasteiger partial charge in [0.2, 0.25) is 0 Å². The van der Waals surface area contributed by atoms with E-state index in [1.54, 1.807) is 6.20 Å². The van der Waals surface area contributed by atoms with Crippen LogP contribution in [0.1, 0.15) is 12.5 Å². The van der Waals surface area contributed by atoms with Gasteiger partial charge in [0.15, 0.2) is 0 Å². The molecule has 1 aromatic heterocycles. The van der Waals surface area contributed by atoms with Crippen LogP contribution in [-0.2, 0) is 11.3 Å². The maximum Gasteiger partial charge on any atom is 0.317 e. The van der Waals surface area contributed by atoms with Crippen LogP contribution in [0.25, 0.3) is 10.9 Å². The fourth-order valence-electron chi connectivity index (χ4n) is 2.04. The molecule has 19 heavy (non-hydrogen) atoms. The van der Waals surface area contributed by atoms with Crippen molar-refractivity contribution in [1.29, 1.82) is 0 Å². The molecule has 0 amide bonds. The minimum Gasteiger partial charge on any atom is -0.480 e. The number of benzene rings is 1. The highest BCUT2D eigenvalue weighted by atomic mass is 79.9. The Kier molecular flexibility index (Phi) is 4.50. The lowest BCUT2D eigenvalue weighted by atomic mass is 10.1. The Morgan fingerprint density at radius 3 is 2.89 bits per heavy atom. The molecule has 0 radical (unpaired) electrons. The van der Waals surface area contributed by atoms with Gasteiger partial charge in [-0.15, -0.1) is 0 Å². The van der Waals surface area contributed by atoms with E-state index in [1.807, 2.05) is 36.1 Å². The van der Waals surface area contributed by atoms with E-state index in [0.717, 1.165) is 20.9 Å². The summed E-state index contributed by atoms with van der Waals surface area (Å²) in [6, 6.07) is 7.87. The van der Waals surface area contributed by atoms with Gasteiger partial charge in [-0.1, -0.05) is 35.0 Å². The highest BCUT2D eigenvalue weighted by Crippen LogP contribution is 2.25. The number of hydrogen-bond donors (Lipinski definition) is 1. The van der Waals surface area contributed by atoms with Crippen LogP contribution in [0.4, 0.5) is 0 Å². The van der Waals surface area contributed by atoms with E-state index >= 15 is 0 Å². The molecule has 2 rings (SSSR count). The van der Waals surface area contributed by atoms with Crippen molar-refractivity contribution in [2.24, 2.45) is 0 Å². The van der Waals surface area contributed by atoms with E-state index in [9.17, 15) is 4.79 Å². The van der Waals surface area contributed by atoms with Crippen molar-refractivity contribution in [2.45, 2.75) is 13.5 Å². The Balaban J connectivity index is 2.35. The summed E-state index contributed by atoms with van der Waals surface area (Å²) in [4.78, 5) is 17.1. The fraction of sp³-hybridized carbons (Fsp3) is 0.286. The SMILES string of the molecule is CCN(CC(=O)O)Cc1ccc(Br)c2cccnc12. The van der Waals surface area contributed by atoms with Crippen molar-refractivity contribution in [3.05, 3.63) is 40.5 Å². The molecule has 0 bridgehead atoms. The Labute approximate surface area is 120 Å². The Hall–Kier alpha value is -1.46. The first kappa shape index (κ1) is 14.0. The van der Waals surface area contributed by atoms with Crippen LogP contribution < -0.4 is 0 Å². The molecular weight excluding hydrogens is 308 g/mol. The second-order valence-electron chi connectivity index (χ2n) is 4.30.